The van der Waals surface area contributed by atoms with Crippen molar-refractivity contribution in [1.29, 1.82) is 0 Å². The van der Waals surface area contributed by atoms with Crippen LogP contribution in [0.25, 0.3) is 0 Å². The Hall–Kier alpha value is -2.04. The molecule has 23 heavy (non-hydrogen) atoms. The summed E-state index contributed by atoms with van der Waals surface area (Å²) in [5, 5.41) is 12.3. The predicted molar refractivity (Wildman–Crippen MR) is 85.6 cm³/mol. The van der Waals surface area contributed by atoms with Crippen LogP contribution >= 0.6 is 0 Å². The number of amides is 1. The van der Waals surface area contributed by atoms with Crippen LogP contribution in [0.4, 0.5) is 0 Å². The van der Waals surface area contributed by atoms with Crippen molar-refractivity contribution in [3.05, 3.63) is 29.8 Å². The molecule has 0 aliphatic heterocycles. The molecule has 2 saturated carbocycles. The molecule has 0 heterocycles. The summed E-state index contributed by atoms with van der Waals surface area (Å²) in [7, 11) is 0. The van der Waals surface area contributed by atoms with Crippen molar-refractivity contribution in [2.75, 3.05) is 6.61 Å². The van der Waals surface area contributed by atoms with Gasteiger partial charge in [0.05, 0.1) is 6.61 Å². The van der Waals surface area contributed by atoms with Crippen molar-refractivity contribution < 1.29 is 19.4 Å². The summed E-state index contributed by atoms with van der Waals surface area (Å²) < 4.78 is 5.65. The van der Waals surface area contributed by atoms with Gasteiger partial charge < -0.3 is 15.2 Å². The van der Waals surface area contributed by atoms with Crippen molar-refractivity contribution in [2.24, 2.45) is 5.92 Å². The van der Waals surface area contributed by atoms with Crippen LogP contribution in [0.15, 0.2) is 24.3 Å². The first-order valence-electron chi connectivity index (χ1n) is 8.38. The molecule has 0 atom stereocenters. The van der Waals surface area contributed by atoms with Gasteiger partial charge in [-0.05, 0) is 55.9 Å². The zero-order chi connectivity index (χ0) is 16.3. The number of hydrogen-bond acceptors (Lipinski definition) is 3. The second kappa shape index (κ2) is 6.60. The smallest absolute Gasteiger partial charge is 0.329 e. The third kappa shape index (κ3) is 3.84. The van der Waals surface area contributed by atoms with Crippen molar-refractivity contribution in [1.82, 2.24) is 5.32 Å². The Labute approximate surface area is 136 Å². The first-order valence-corrected chi connectivity index (χ1v) is 8.38. The minimum absolute atomic E-state index is 0.331. The number of carboxylic acids is 1. The Balaban J connectivity index is 1.63. The summed E-state index contributed by atoms with van der Waals surface area (Å²) >= 11 is 0. The molecule has 1 aromatic carbocycles. The molecule has 5 nitrogen and oxygen atoms in total. The fourth-order valence-electron chi connectivity index (χ4n) is 3.04. The minimum Gasteiger partial charge on any atom is -0.493 e. The number of carboxylic acid groups (broad SMARTS) is 1. The van der Waals surface area contributed by atoms with E-state index < -0.39 is 11.5 Å². The summed E-state index contributed by atoms with van der Waals surface area (Å²) in [5.41, 5.74) is -0.647. The van der Waals surface area contributed by atoms with Crippen LogP contribution in [-0.2, 0) is 4.79 Å². The maximum absolute atomic E-state index is 12.4. The molecule has 0 bridgehead atoms. The molecular weight excluding hydrogens is 294 g/mol. The van der Waals surface area contributed by atoms with Gasteiger partial charge in [0.1, 0.15) is 11.3 Å². The van der Waals surface area contributed by atoms with Gasteiger partial charge in [0.15, 0.2) is 0 Å². The van der Waals surface area contributed by atoms with E-state index >= 15 is 0 Å². The average Bonchev–Trinajstić information content (AvgIpc) is 3.38. The number of nitrogens with one attached hydrogen (secondary N) is 1. The molecule has 2 aliphatic carbocycles. The molecule has 0 spiro atoms. The summed E-state index contributed by atoms with van der Waals surface area (Å²) in [5.74, 6) is 0.164. The Morgan fingerprint density at radius 3 is 2.35 bits per heavy atom. The van der Waals surface area contributed by atoms with Crippen LogP contribution in [0.5, 0.6) is 5.75 Å². The lowest BCUT2D eigenvalue weighted by Crippen LogP contribution is -2.55. The topological polar surface area (TPSA) is 75.6 Å². The van der Waals surface area contributed by atoms with Crippen LogP contribution in [0.3, 0.4) is 0 Å². The molecule has 124 valence electrons. The molecule has 0 unspecified atom stereocenters. The summed E-state index contributed by atoms with van der Waals surface area (Å²) in [6.07, 6.45) is 6.15. The molecule has 2 fully saturated rings. The van der Waals surface area contributed by atoms with E-state index in [0.717, 1.165) is 31.6 Å². The second-order valence-corrected chi connectivity index (χ2v) is 6.68. The monoisotopic (exact) mass is 317 g/mol. The molecule has 2 N–H and O–H groups in total. The Kier molecular flexibility index (Phi) is 4.55. The van der Waals surface area contributed by atoms with E-state index in [-0.39, 0.29) is 5.91 Å². The molecule has 0 aromatic heterocycles. The van der Waals surface area contributed by atoms with Gasteiger partial charge in [-0.25, -0.2) is 4.79 Å². The highest BCUT2D eigenvalue weighted by atomic mass is 16.5. The van der Waals surface area contributed by atoms with Crippen molar-refractivity contribution in [3.63, 3.8) is 0 Å². The maximum Gasteiger partial charge on any atom is 0.329 e. The van der Waals surface area contributed by atoms with E-state index in [9.17, 15) is 14.7 Å². The van der Waals surface area contributed by atoms with Crippen molar-refractivity contribution in [2.45, 2.75) is 50.5 Å². The van der Waals surface area contributed by atoms with E-state index in [1.165, 1.54) is 12.8 Å². The number of carbonyl (C=O) groups excluding carboxylic acids is 1. The molecule has 0 radical (unpaired) electrons. The number of rotatable bonds is 6. The highest BCUT2D eigenvalue weighted by molar-refractivity contribution is 5.98. The lowest BCUT2D eigenvalue weighted by Gasteiger charge is -2.34. The van der Waals surface area contributed by atoms with E-state index in [4.69, 9.17) is 4.74 Å². The SMILES string of the molecule is O=C(NC1(C(=O)O)CCCCC1)c1ccc(OCC2CC2)cc1. The fraction of sp³-hybridized carbons (Fsp3) is 0.556. The van der Waals surface area contributed by atoms with Crippen LogP contribution in [-0.4, -0.2) is 29.1 Å². The Morgan fingerprint density at radius 2 is 1.78 bits per heavy atom. The zero-order valence-electron chi connectivity index (χ0n) is 13.2. The van der Waals surface area contributed by atoms with Crippen molar-refractivity contribution in [3.8, 4) is 5.75 Å². The zero-order valence-corrected chi connectivity index (χ0v) is 13.2. The van der Waals surface area contributed by atoms with E-state index in [2.05, 4.69) is 5.32 Å². The molecule has 5 heteroatoms. The highest BCUT2D eigenvalue weighted by Crippen LogP contribution is 2.30. The number of carbonyl (C=O) groups is 2. The highest BCUT2D eigenvalue weighted by Gasteiger charge is 2.41. The number of ether oxygens (including phenoxy) is 1. The van der Waals surface area contributed by atoms with Gasteiger partial charge in [0.2, 0.25) is 0 Å². The van der Waals surface area contributed by atoms with Gasteiger partial charge >= 0.3 is 5.97 Å². The molecule has 0 saturated heterocycles. The van der Waals surface area contributed by atoms with Crippen LogP contribution in [0.1, 0.15) is 55.3 Å². The Morgan fingerprint density at radius 1 is 1.13 bits per heavy atom. The maximum atomic E-state index is 12.4. The molecule has 1 amide bonds. The summed E-state index contributed by atoms with van der Waals surface area (Å²) in [4.78, 5) is 24.0. The lowest BCUT2D eigenvalue weighted by molar-refractivity contribution is -0.145. The molecule has 1 aromatic rings. The summed E-state index contributed by atoms with van der Waals surface area (Å²) in [6.45, 7) is 0.730. The van der Waals surface area contributed by atoms with Gasteiger partial charge in [-0.3, -0.25) is 4.79 Å². The summed E-state index contributed by atoms with van der Waals surface area (Å²) in [6, 6.07) is 6.92. The third-order valence-corrected chi connectivity index (χ3v) is 4.77. The first kappa shape index (κ1) is 15.8. The fourth-order valence-corrected chi connectivity index (χ4v) is 3.04. The van der Waals surface area contributed by atoms with Crippen molar-refractivity contribution >= 4 is 11.9 Å². The largest absolute Gasteiger partial charge is 0.493 e. The van der Waals surface area contributed by atoms with Crippen LogP contribution in [0.2, 0.25) is 0 Å². The van der Waals surface area contributed by atoms with Gasteiger partial charge in [0.25, 0.3) is 5.91 Å². The van der Waals surface area contributed by atoms with Gasteiger partial charge in [-0.1, -0.05) is 19.3 Å². The van der Waals surface area contributed by atoms with Gasteiger partial charge in [-0.2, -0.15) is 0 Å². The van der Waals surface area contributed by atoms with E-state index in [0.29, 0.717) is 24.3 Å². The van der Waals surface area contributed by atoms with E-state index in [1.54, 1.807) is 24.3 Å². The number of hydrogen-bond donors (Lipinski definition) is 2. The lowest BCUT2D eigenvalue weighted by atomic mass is 9.81. The second-order valence-electron chi connectivity index (χ2n) is 6.68. The van der Waals surface area contributed by atoms with Gasteiger partial charge in [0, 0.05) is 5.56 Å². The number of aliphatic carboxylic acids is 1. The first-order chi connectivity index (χ1) is 11.1. The average molecular weight is 317 g/mol. The molecule has 3 rings (SSSR count). The Bertz CT molecular complexity index is 571. The molecular formula is C18H23NO4. The normalized spacial score (nSPS) is 19.8. The standard InChI is InChI=1S/C18H23NO4/c20-16(19-18(17(21)22)10-2-1-3-11-18)14-6-8-15(9-7-14)23-12-13-4-5-13/h6-9,13H,1-5,10-12H2,(H,19,20)(H,21,22). The predicted octanol–water partition coefficient (Wildman–Crippen LogP) is 2.99. The van der Waals surface area contributed by atoms with Gasteiger partial charge in [-0.15, -0.1) is 0 Å². The van der Waals surface area contributed by atoms with E-state index in [1.807, 2.05) is 0 Å². The van der Waals surface area contributed by atoms with Crippen LogP contribution in [0, 0.1) is 5.92 Å². The third-order valence-electron chi connectivity index (χ3n) is 4.77. The molecule has 2 aliphatic rings. The number of benzene rings is 1. The minimum atomic E-state index is -1.11. The quantitative estimate of drug-likeness (QED) is 0.845. The van der Waals surface area contributed by atoms with Crippen LogP contribution < -0.4 is 10.1 Å².